The second kappa shape index (κ2) is 6.47. The second-order valence-electron chi connectivity index (χ2n) is 10.6. The maximum absolute atomic E-state index is 4.51. The first kappa shape index (κ1) is 18.5. The van der Waals surface area contributed by atoms with Gasteiger partial charge in [0.25, 0.3) is 0 Å². The van der Waals surface area contributed by atoms with Crippen LogP contribution in [-0.2, 0) is 0 Å². The molecule has 0 amide bonds. The van der Waals surface area contributed by atoms with E-state index in [1.807, 2.05) is 6.20 Å². The van der Waals surface area contributed by atoms with Gasteiger partial charge in [-0.3, -0.25) is 4.98 Å². The van der Waals surface area contributed by atoms with Gasteiger partial charge in [-0.1, -0.05) is 19.9 Å². The minimum absolute atomic E-state index is 0.343. The summed E-state index contributed by atoms with van der Waals surface area (Å²) < 4.78 is 0. The molecule has 2 saturated carbocycles. The van der Waals surface area contributed by atoms with Gasteiger partial charge in [-0.2, -0.15) is 0 Å². The van der Waals surface area contributed by atoms with E-state index in [1.54, 1.807) is 11.1 Å². The Hall–Kier alpha value is -1.57. The van der Waals surface area contributed by atoms with E-state index in [-0.39, 0.29) is 0 Å². The molecule has 1 aromatic heterocycles. The Balaban J connectivity index is 1.47. The average molecular weight is 377 g/mol. The van der Waals surface area contributed by atoms with E-state index < -0.39 is 0 Å². The third-order valence-corrected chi connectivity index (χ3v) is 9.09. The maximum atomic E-state index is 4.51. The van der Waals surface area contributed by atoms with Gasteiger partial charge in [0.1, 0.15) is 0 Å². The molecule has 0 bridgehead atoms. The van der Waals surface area contributed by atoms with Gasteiger partial charge in [-0.05, 0) is 115 Å². The summed E-state index contributed by atoms with van der Waals surface area (Å²) in [5.41, 5.74) is 6.78. The molecule has 1 aliphatic heterocycles. The van der Waals surface area contributed by atoms with Gasteiger partial charge >= 0.3 is 0 Å². The molecule has 3 aliphatic carbocycles. The van der Waals surface area contributed by atoms with Crippen molar-refractivity contribution in [3.63, 3.8) is 0 Å². The number of rotatable bonds is 1. The molecule has 2 heterocycles. The fourth-order valence-corrected chi connectivity index (χ4v) is 7.63. The lowest BCUT2D eigenvalue weighted by atomic mass is 9.47. The Morgan fingerprint density at radius 2 is 1.93 bits per heavy atom. The molecule has 0 N–H and O–H groups in total. The first-order valence-electron chi connectivity index (χ1n) is 11.5. The quantitative estimate of drug-likeness (QED) is 0.577. The number of aromatic nitrogens is 1. The van der Waals surface area contributed by atoms with E-state index in [9.17, 15) is 0 Å². The highest BCUT2D eigenvalue weighted by Gasteiger charge is 2.56. The van der Waals surface area contributed by atoms with Gasteiger partial charge < -0.3 is 4.90 Å². The fraction of sp³-hybridized carbons (Fsp3) is 0.654. The van der Waals surface area contributed by atoms with Crippen LogP contribution in [0, 0.1) is 35.5 Å². The minimum Gasteiger partial charge on any atom is -0.380 e. The van der Waals surface area contributed by atoms with Crippen LogP contribution in [0.2, 0.25) is 0 Å². The molecule has 150 valence electrons. The van der Waals surface area contributed by atoms with Gasteiger partial charge in [0.05, 0.1) is 0 Å². The van der Waals surface area contributed by atoms with Crippen molar-refractivity contribution in [1.82, 2.24) is 9.88 Å². The molecule has 2 heteroatoms. The molecule has 4 aliphatic rings. The van der Waals surface area contributed by atoms with E-state index in [0.29, 0.717) is 10.8 Å². The van der Waals surface area contributed by atoms with Gasteiger partial charge in [0.15, 0.2) is 0 Å². The highest BCUT2D eigenvalue weighted by Crippen LogP contribution is 2.66. The molecule has 5 rings (SSSR count). The highest BCUT2D eigenvalue weighted by molar-refractivity contribution is 5.72. The molecule has 1 aromatic rings. The van der Waals surface area contributed by atoms with Crippen molar-refractivity contribution in [3.05, 3.63) is 47.4 Å². The van der Waals surface area contributed by atoms with Crippen LogP contribution in [0.4, 0.5) is 0 Å². The number of pyridine rings is 1. The monoisotopic (exact) mass is 376 g/mol. The standard InChI is InChI=1S/C26H36N2/c1-18-14-19(16-27-15-18)22-8-9-23-21-7-6-20-17-28(4)13-5-11-25(20,2)24(21)10-12-26(22,23)3/h8,14-17,21,23-24H,5-7,9-13H2,1-4H3/t21-,23-,24-,25-,26+/m0/s1. The first-order chi connectivity index (χ1) is 13.4. The molecule has 2 nitrogen and oxygen atoms in total. The van der Waals surface area contributed by atoms with E-state index in [0.717, 1.165) is 17.8 Å². The normalized spacial score (nSPS) is 40.0. The summed E-state index contributed by atoms with van der Waals surface area (Å²) in [4.78, 5) is 6.96. The fourth-order valence-electron chi connectivity index (χ4n) is 7.63. The summed E-state index contributed by atoms with van der Waals surface area (Å²) in [6.45, 7) is 8.58. The van der Waals surface area contributed by atoms with E-state index in [2.05, 4.69) is 62.2 Å². The molecule has 0 radical (unpaired) electrons. The largest absolute Gasteiger partial charge is 0.380 e. The zero-order valence-corrected chi connectivity index (χ0v) is 18.2. The predicted molar refractivity (Wildman–Crippen MR) is 117 cm³/mol. The van der Waals surface area contributed by atoms with Gasteiger partial charge in [-0.25, -0.2) is 0 Å². The van der Waals surface area contributed by atoms with Crippen molar-refractivity contribution < 1.29 is 0 Å². The molecule has 5 atom stereocenters. The highest BCUT2D eigenvalue weighted by atomic mass is 15.1. The first-order valence-corrected chi connectivity index (χ1v) is 11.5. The van der Waals surface area contributed by atoms with Crippen LogP contribution in [0.3, 0.4) is 0 Å². The van der Waals surface area contributed by atoms with Crippen molar-refractivity contribution in [1.29, 1.82) is 0 Å². The van der Waals surface area contributed by atoms with E-state index in [4.69, 9.17) is 0 Å². The third kappa shape index (κ3) is 2.63. The summed E-state index contributed by atoms with van der Waals surface area (Å²) in [6, 6.07) is 2.35. The third-order valence-electron chi connectivity index (χ3n) is 9.09. The molecule has 0 saturated heterocycles. The number of nitrogens with zero attached hydrogens (tertiary/aromatic N) is 2. The Morgan fingerprint density at radius 3 is 2.75 bits per heavy atom. The summed E-state index contributed by atoms with van der Waals surface area (Å²) in [7, 11) is 2.27. The topological polar surface area (TPSA) is 16.1 Å². The lowest BCUT2D eigenvalue weighted by Crippen LogP contribution is -2.48. The summed E-state index contributed by atoms with van der Waals surface area (Å²) in [6.07, 6.45) is 18.6. The summed E-state index contributed by atoms with van der Waals surface area (Å²) in [5, 5.41) is 0. The smallest absolute Gasteiger partial charge is 0.0343 e. The molecular weight excluding hydrogens is 340 g/mol. The number of aryl methyl sites for hydroxylation is 1. The molecule has 2 fully saturated rings. The Morgan fingerprint density at radius 1 is 1.07 bits per heavy atom. The number of fused-ring (bicyclic) bond motifs is 5. The van der Waals surface area contributed by atoms with Crippen LogP contribution in [0.1, 0.15) is 69.9 Å². The van der Waals surface area contributed by atoms with Crippen molar-refractivity contribution in [2.24, 2.45) is 28.6 Å². The van der Waals surface area contributed by atoms with Gasteiger partial charge in [0, 0.05) is 26.0 Å². The number of hydrogen-bond donors (Lipinski definition) is 0. The van der Waals surface area contributed by atoms with Crippen LogP contribution < -0.4 is 0 Å². The average Bonchev–Trinajstić information content (AvgIpc) is 2.93. The molecule has 0 unspecified atom stereocenters. The molecular formula is C26H36N2. The summed E-state index contributed by atoms with van der Waals surface area (Å²) in [5.74, 6) is 2.58. The lowest BCUT2D eigenvalue weighted by molar-refractivity contribution is -0.0186. The van der Waals surface area contributed by atoms with Crippen LogP contribution in [-0.4, -0.2) is 23.5 Å². The predicted octanol–water partition coefficient (Wildman–Crippen LogP) is 6.24. The Kier molecular flexibility index (Phi) is 4.27. The number of allylic oxidation sites excluding steroid dienone is 3. The van der Waals surface area contributed by atoms with Gasteiger partial charge in [-0.15, -0.1) is 0 Å². The second-order valence-corrected chi connectivity index (χ2v) is 10.6. The van der Waals surface area contributed by atoms with Gasteiger partial charge in [0.2, 0.25) is 0 Å². The Bertz CT molecular complexity index is 837. The van der Waals surface area contributed by atoms with Crippen LogP contribution >= 0.6 is 0 Å². The number of hydrogen-bond acceptors (Lipinski definition) is 2. The van der Waals surface area contributed by atoms with E-state index in [1.165, 1.54) is 62.6 Å². The lowest BCUT2D eigenvalue weighted by Gasteiger charge is -2.57. The van der Waals surface area contributed by atoms with Crippen LogP contribution in [0.15, 0.2) is 36.3 Å². The zero-order chi connectivity index (χ0) is 19.5. The minimum atomic E-state index is 0.343. The van der Waals surface area contributed by atoms with E-state index >= 15 is 0 Å². The zero-order valence-electron chi connectivity index (χ0n) is 18.2. The Labute approximate surface area is 171 Å². The van der Waals surface area contributed by atoms with Crippen molar-refractivity contribution >= 4 is 5.57 Å². The van der Waals surface area contributed by atoms with Crippen molar-refractivity contribution in [2.75, 3.05) is 13.6 Å². The van der Waals surface area contributed by atoms with Crippen molar-refractivity contribution in [3.8, 4) is 0 Å². The summed E-state index contributed by atoms with van der Waals surface area (Å²) >= 11 is 0. The van der Waals surface area contributed by atoms with Crippen LogP contribution in [0.5, 0.6) is 0 Å². The molecule has 0 spiro atoms. The van der Waals surface area contributed by atoms with Crippen molar-refractivity contribution in [2.45, 2.75) is 65.7 Å². The maximum Gasteiger partial charge on any atom is 0.0343 e. The SMILES string of the molecule is Cc1cncc(C2=CC[C@H]3[C@@H]4CCC5=CN(C)CCC[C@]5(C)[C@H]4CC[C@]23C)c1. The molecule has 0 aromatic carbocycles. The van der Waals surface area contributed by atoms with Crippen LogP contribution in [0.25, 0.3) is 5.57 Å². The molecule has 28 heavy (non-hydrogen) atoms.